The fourth-order valence-corrected chi connectivity index (χ4v) is 2.68. The maximum Gasteiger partial charge on any atom is 0.131 e. The normalized spacial score (nSPS) is 20.2. The third kappa shape index (κ3) is 2.44. The summed E-state index contributed by atoms with van der Waals surface area (Å²) in [5.41, 5.74) is 7.14. The van der Waals surface area contributed by atoms with E-state index in [1.54, 1.807) is 0 Å². The lowest BCUT2D eigenvalue weighted by Gasteiger charge is -2.34. The van der Waals surface area contributed by atoms with Gasteiger partial charge in [-0.1, -0.05) is 42.5 Å². The van der Waals surface area contributed by atoms with Gasteiger partial charge in [0.1, 0.15) is 10.3 Å². The van der Waals surface area contributed by atoms with Crippen molar-refractivity contribution in [2.45, 2.75) is 37.6 Å². The fourth-order valence-electron chi connectivity index (χ4n) is 2.22. The predicted molar refractivity (Wildman–Crippen MR) is 63.2 cm³/mol. The zero-order chi connectivity index (χ0) is 10.9. The van der Waals surface area contributed by atoms with E-state index < -0.39 is 0 Å². The monoisotopic (exact) mass is 244 g/mol. The topological polar surface area (TPSA) is 38.9 Å². The summed E-state index contributed by atoms with van der Waals surface area (Å²) in [5.74, 6) is 0. The van der Waals surface area contributed by atoms with Crippen LogP contribution in [-0.4, -0.2) is 4.98 Å². The molecule has 1 fully saturated rings. The van der Waals surface area contributed by atoms with Gasteiger partial charge in [-0.2, -0.15) is 0 Å². The Morgan fingerprint density at radius 1 is 1.07 bits per heavy atom. The van der Waals surface area contributed by atoms with Crippen molar-refractivity contribution in [1.82, 2.24) is 4.98 Å². The SMILES string of the molecule is NC1(c2cc(Cl)nc(Cl)c2)CCCCC1. The maximum absolute atomic E-state index is 6.37. The van der Waals surface area contributed by atoms with Gasteiger partial charge in [0.2, 0.25) is 0 Å². The molecule has 2 rings (SSSR count). The Bertz CT molecular complexity index is 339. The standard InChI is InChI=1S/C11H14Cl2N2/c12-9-6-8(7-10(13)15-9)11(14)4-2-1-3-5-11/h6-7H,1-5,14H2. The van der Waals surface area contributed by atoms with Gasteiger partial charge in [-0.3, -0.25) is 0 Å². The minimum absolute atomic E-state index is 0.255. The lowest BCUT2D eigenvalue weighted by Crippen LogP contribution is -2.38. The van der Waals surface area contributed by atoms with Crippen molar-refractivity contribution in [3.8, 4) is 0 Å². The lowest BCUT2D eigenvalue weighted by atomic mass is 9.78. The first-order valence-corrected chi connectivity index (χ1v) is 5.98. The number of pyridine rings is 1. The molecular formula is C11H14Cl2N2. The summed E-state index contributed by atoms with van der Waals surface area (Å²) in [4.78, 5) is 3.94. The van der Waals surface area contributed by atoms with Crippen LogP contribution >= 0.6 is 23.2 Å². The lowest BCUT2D eigenvalue weighted by molar-refractivity contribution is 0.302. The van der Waals surface area contributed by atoms with Gasteiger partial charge < -0.3 is 5.73 Å². The van der Waals surface area contributed by atoms with Gasteiger partial charge in [-0.25, -0.2) is 4.98 Å². The van der Waals surface area contributed by atoms with Gasteiger partial charge in [0.05, 0.1) is 0 Å². The van der Waals surface area contributed by atoms with Crippen molar-refractivity contribution in [3.05, 3.63) is 28.0 Å². The number of nitrogens with two attached hydrogens (primary N) is 1. The van der Waals surface area contributed by atoms with Gasteiger partial charge in [-0.05, 0) is 30.5 Å². The minimum Gasteiger partial charge on any atom is -0.321 e. The molecule has 0 unspecified atom stereocenters. The zero-order valence-corrected chi connectivity index (χ0v) is 9.98. The quantitative estimate of drug-likeness (QED) is 0.769. The van der Waals surface area contributed by atoms with Gasteiger partial charge in [-0.15, -0.1) is 0 Å². The predicted octanol–water partition coefficient (Wildman–Crippen LogP) is 3.51. The molecule has 4 heteroatoms. The van der Waals surface area contributed by atoms with Crippen LogP contribution in [0.15, 0.2) is 12.1 Å². The van der Waals surface area contributed by atoms with Crippen molar-refractivity contribution in [1.29, 1.82) is 0 Å². The highest BCUT2D eigenvalue weighted by Crippen LogP contribution is 2.36. The molecule has 0 atom stereocenters. The molecule has 82 valence electrons. The second-order valence-electron chi connectivity index (χ2n) is 4.22. The summed E-state index contributed by atoms with van der Waals surface area (Å²) in [6.45, 7) is 0. The Labute approximate surface area is 99.8 Å². The molecule has 0 saturated heterocycles. The summed E-state index contributed by atoms with van der Waals surface area (Å²) >= 11 is 11.8. The van der Waals surface area contributed by atoms with E-state index in [1.165, 1.54) is 19.3 Å². The molecule has 2 nitrogen and oxygen atoms in total. The van der Waals surface area contributed by atoms with Gasteiger partial charge in [0.15, 0.2) is 0 Å². The highest BCUT2D eigenvalue weighted by atomic mass is 35.5. The average molecular weight is 245 g/mol. The summed E-state index contributed by atoms with van der Waals surface area (Å²) in [7, 11) is 0. The number of rotatable bonds is 1. The zero-order valence-electron chi connectivity index (χ0n) is 8.47. The van der Waals surface area contributed by atoms with E-state index in [0.29, 0.717) is 10.3 Å². The van der Waals surface area contributed by atoms with Crippen molar-refractivity contribution in [3.63, 3.8) is 0 Å². The van der Waals surface area contributed by atoms with Crippen molar-refractivity contribution in [2.75, 3.05) is 0 Å². The maximum atomic E-state index is 6.37. The Hall–Kier alpha value is -0.310. The first-order valence-electron chi connectivity index (χ1n) is 5.23. The van der Waals surface area contributed by atoms with Crippen LogP contribution in [0.1, 0.15) is 37.7 Å². The van der Waals surface area contributed by atoms with Crippen molar-refractivity contribution < 1.29 is 0 Å². The molecule has 1 aliphatic rings. The molecule has 0 spiro atoms. The summed E-state index contributed by atoms with van der Waals surface area (Å²) in [6.07, 6.45) is 5.63. The number of halogens is 2. The molecule has 1 saturated carbocycles. The molecule has 0 aromatic carbocycles. The number of hydrogen-bond donors (Lipinski definition) is 1. The third-order valence-electron chi connectivity index (χ3n) is 3.08. The van der Waals surface area contributed by atoms with E-state index in [9.17, 15) is 0 Å². The third-order valence-corrected chi connectivity index (χ3v) is 3.47. The molecule has 1 aromatic heterocycles. The van der Waals surface area contributed by atoms with Gasteiger partial charge >= 0.3 is 0 Å². The minimum atomic E-state index is -0.255. The summed E-state index contributed by atoms with van der Waals surface area (Å²) in [5, 5.41) is 0.848. The Balaban J connectivity index is 2.34. The van der Waals surface area contributed by atoms with E-state index in [-0.39, 0.29) is 5.54 Å². The molecule has 2 N–H and O–H groups in total. The highest BCUT2D eigenvalue weighted by Gasteiger charge is 2.29. The molecule has 0 bridgehead atoms. The van der Waals surface area contributed by atoms with E-state index >= 15 is 0 Å². The van der Waals surface area contributed by atoms with E-state index in [1.807, 2.05) is 12.1 Å². The van der Waals surface area contributed by atoms with Crippen LogP contribution in [0.5, 0.6) is 0 Å². The largest absolute Gasteiger partial charge is 0.321 e. The Kier molecular flexibility index (Phi) is 3.19. The molecule has 0 amide bonds. The van der Waals surface area contributed by atoms with Gasteiger partial charge in [0.25, 0.3) is 0 Å². The summed E-state index contributed by atoms with van der Waals surface area (Å²) < 4.78 is 0. The molecule has 1 aliphatic carbocycles. The second-order valence-corrected chi connectivity index (χ2v) is 4.99. The first kappa shape index (κ1) is 11.2. The van der Waals surface area contributed by atoms with Crippen LogP contribution in [0.2, 0.25) is 10.3 Å². The average Bonchev–Trinajstić information content (AvgIpc) is 2.17. The number of aromatic nitrogens is 1. The smallest absolute Gasteiger partial charge is 0.131 e. The first-order chi connectivity index (χ1) is 7.10. The van der Waals surface area contributed by atoms with Crippen LogP contribution in [0.3, 0.4) is 0 Å². The highest BCUT2D eigenvalue weighted by molar-refractivity contribution is 6.32. The Morgan fingerprint density at radius 2 is 1.60 bits per heavy atom. The van der Waals surface area contributed by atoms with E-state index in [2.05, 4.69) is 4.98 Å². The molecular weight excluding hydrogens is 231 g/mol. The summed E-state index contributed by atoms with van der Waals surface area (Å²) in [6, 6.07) is 3.66. The molecule has 1 heterocycles. The number of nitrogens with zero attached hydrogens (tertiary/aromatic N) is 1. The molecule has 0 radical (unpaired) electrons. The van der Waals surface area contributed by atoms with Crippen molar-refractivity contribution >= 4 is 23.2 Å². The van der Waals surface area contributed by atoms with E-state index in [0.717, 1.165) is 18.4 Å². The van der Waals surface area contributed by atoms with E-state index in [4.69, 9.17) is 28.9 Å². The van der Waals surface area contributed by atoms with Crippen molar-refractivity contribution in [2.24, 2.45) is 5.73 Å². The molecule has 1 aromatic rings. The fraction of sp³-hybridized carbons (Fsp3) is 0.545. The Morgan fingerprint density at radius 3 is 2.13 bits per heavy atom. The van der Waals surface area contributed by atoms with Crippen LogP contribution < -0.4 is 5.73 Å². The van der Waals surface area contributed by atoms with Gasteiger partial charge in [0, 0.05) is 5.54 Å². The number of hydrogen-bond acceptors (Lipinski definition) is 2. The second kappa shape index (κ2) is 4.28. The van der Waals surface area contributed by atoms with Crippen LogP contribution in [0, 0.1) is 0 Å². The molecule has 0 aliphatic heterocycles. The molecule has 15 heavy (non-hydrogen) atoms. The van der Waals surface area contributed by atoms with Crippen LogP contribution in [0.25, 0.3) is 0 Å². The van der Waals surface area contributed by atoms with Crippen LogP contribution in [0.4, 0.5) is 0 Å². The van der Waals surface area contributed by atoms with Crippen LogP contribution in [-0.2, 0) is 5.54 Å².